The SMILES string of the molecule is C#Cc1ccccc1.CN(P(OC(C(F)(F)F)C(F)(F)F)OC(C(F)(F)F)C(F)(F)F)P(OC(C(F)(F)F)C(F)(F)F)OC(C(F)(F)F)C(F)(F)F.[C-]#[O+].[C-]#[O+].[C-]#[O+].[C-]#[O+].[Co].[Co]. The van der Waals surface area contributed by atoms with Crippen LogP contribution in [0.3, 0.4) is 0 Å². The molecule has 37 heteroatoms. The molecule has 0 aliphatic heterocycles. The van der Waals surface area contributed by atoms with Crippen LogP contribution >= 0.6 is 17.1 Å². The van der Waals surface area contributed by atoms with Crippen LogP contribution in [0.1, 0.15) is 5.56 Å². The Balaban J connectivity index is -0.000000286. The molecule has 0 aliphatic carbocycles. The summed E-state index contributed by atoms with van der Waals surface area (Å²) in [5, 5.41) is 0. The Hall–Kier alpha value is -2.27. The summed E-state index contributed by atoms with van der Waals surface area (Å²) in [6, 6.07) is 9.60. The van der Waals surface area contributed by atoms with Gasteiger partial charge < -0.3 is 0 Å². The van der Waals surface area contributed by atoms with Crippen molar-refractivity contribution < 1.29 is 176 Å². The first-order chi connectivity index (χ1) is 26.8. The second-order valence-electron chi connectivity index (χ2n) is 8.75. The largest absolute Gasteiger partial charge is 0 e. The number of rotatable bonds is 10. The van der Waals surface area contributed by atoms with E-state index in [1.165, 1.54) is 0 Å². The first-order valence-electron chi connectivity index (χ1n) is 12.6. The molecule has 0 atom stereocenters. The second kappa shape index (κ2) is 30.8. The standard InChI is InChI=1S/C13H7F24NO4P2.C8H6.4CO.2Co/c1-38(43(39-2(6(14,15)16)7(17,18)19)40-3(8(20,21)22)9(23,24)25)44(41-4(10(26,27)28)11(29,30)31)42-5(12(32,33)34)13(35,36)37;1-2-8-6-4-3-5-7-8;4*1-2;;/h2-5H,1H3;1,3-7H;;;;;;. The van der Waals surface area contributed by atoms with E-state index in [1.54, 1.807) is 0 Å². The van der Waals surface area contributed by atoms with Crippen LogP contribution in [-0.4, -0.2) is 85.3 Å². The van der Waals surface area contributed by atoms with Crippen LogP contribution in [0.5, 0.6) is 0 Å². The first kappa shape index (κ1) is 74.1. The van der Waals surface area contributed by atoms with Crippen molar-refractivity contribution >= 4 is 17.1 Å². The summed E-state index contributed by atoms with van der Waals surface area (Å²) in [7, 11) is -12.7. The van der Waals surface area contributed by atoms with Gasteiger partial charge in [0.1, 0.15) is 0 Å². The number of nitrogens with zero attached hydrogens (tertiary/aromatic N) is 1. The van der Waals surface area contributed by atoms with Crippen molar-refractivity contribution in [3.05, 3.63) is 62.5 Å². The molecule has 0 bridgehead atoms. The fourth-order valence-electron chi connectivity index (χ4n) is 2.50. The molecule has 0 N–H and O–H groups in total. The fourth-order valence-corrected chi connectivity index (χ4v) is 5.80. The van der Waals surface area contributed by atoms with Gasteiger partial charge in [0.2, 0.25) is 0 Å². The van der Waals surface area contributed by atoms with Crippen LogP contribution < -0.4 is 0 Å². The number of alkyl halides is 24. The Labute approximate surface area is 352 Å². The van der Waals surface area contributed by atoms with Crippen LogP contribution in [0.15, 0.2) is 30.3 Å². The van der Waals surface area contributed by atoms with Crippen molar-refractivity contribution in [2.45, 2.75) is 73.8 Å². The topological polar surface area (TPSA) is 120 Å². The minimum Gasteiger partial charge on any atom is 0 e. The maximum atomic E-state index is 12.9. The number of halogens is 24. The molecule has 0 aromatic heterocycles. The Morgan fingerprint density at radius 1 is 0.435 bits per heavy atom. The van der Waals surface area contributed by atoms with Crippen molar-refractivity contribution in [1.29, 1.82) is 0 Å². The van der Waals surface area contributed by atoms with Gasteiger partial charge in [-0.05, 0) is 12.1 Å². The minimum atomic E-state index is -7.01. The molecule has 362 valence electrons. The molecule has 0 fully saturated rings. The molecule has 1 rings (SSSR count). The van der Waals surface area contributed by atoms with E-state index in [2.05, 4.69) is 50.6 Å². The van der Waals surface area contributed by atoms with E-state index in [0.717, 1.165) is 5.56 Å². The minimum absolute atomic E-state index is 0. The van der Waals surface area contributed by atoms with E-state index in [0.29, 0.717) is 0 Å². The van der Waals surface area contributed by atoms with Crippen LogP contribution in [0.25, 0.3) is 0 Å². The van der Waals surface area contributed by atoms with Gasteiger partial charge in [-0.15, -0.1) is 6.42 Å². The molecular formula is C25H13Co2F24NO8P2. The number of terminal acetylenes is 1. The summed E-state index contributed by atoms with van der Waals surface area (Å²) in [6.07, 6.45) is -73.8. The van der Waals surface area contributed by atoms with E-state index in [-0.39, 0.29) is 33.6 Å². The molecule has 0 aliphatic rings. The molecule has 0 saturated heterocycles. The van der Waals surface area contributed by atoms with E-state index < -0.39 is 102 Å². The zero-order valence-corrected chi connectivity index (χ0v) is 32.0. The van der Waals surface area contributed by atoms with Gasteiger partial charge in [0.15, 0.2) is 0 Å². The number of hydrogen-bond donors (Lipinski definition) is 0. The smallest absolute Gasteiger partial charge is 0 e. The van der Waals surface area contributed by atoms with Gasteiger partial charge in [0, 0.05) is 46.2 Å². The van der Waals surface area contributed by atoms with Gasteiger partial charge in [0.25, 0.3) is 41.5 Å². The predicted molar refractivity (Wildman–Crippen MR) is 140 cm³/mol. The molecule has 2 radical (unpaired) electrons. The van der Waals surface area contributed by atoms with Gasteiger partial charge in [0.05, 0.1) is 0 Å². The van der Waals surface area contributed by atoms with Crippen molar-refractivity contribution in [3.63, 3.8) is 0 Å². The molecule has 1 aromatic carbocycles. The Kier molecular flexibility index (Phi) is 36.8. The van der Waals surface area contributed by atoms with Crippen molar-refractivity contribution in [2.75, 3.05) is 7.05 Å². The quantitative estimate of drug-likeness (QED) is 0.0760. The predicted octanol–water partition coefficient (Wildman–Crippen LogP) is 10.9. The van der Waals surface area contributed by atoms with Gasteiger partial charge in [-0.25, -0.2) is 0 Å². The van der Waals surface area contributed by atoms with E-state index >= 15 is 0 Å². The summed E-state index contributed by atoms with van der Waals surface area (Å²) >= 11 is 0. The van der Waals surface area contributed by atoms with Crippen LogP contribution in [-0.2, 0) is 70.3 Å². The van der Waals surface area contributed by atoms with Crippen LogP contribution in [0.4, 0.5) is 105 Å². The van der Waals surface area contributed by atoms with Crippen LogP contribution in [0, 0.1) is 38.9 Å². The molecule has 0 unspecified atom stereocenters. The fraction of sp³-hybridized carbons (Fsp3) is 0.520. The maximum Gasteiger partial charge on any atom is 0 e. The number of hydrogen-bond acceptors (Lipinski definition) is 5. The second-order valence-corrected chi connectivity index (χ2v) is 12.1. The molecule has 0 spiro atoms. The monoisotopic (exact) mass is 1090 g/mol. The molecule has 9 nitrogen and oxygen atoms in total. The Bertz CT molecular complexity index is 1250. The van der Waals surface area contributed by atoms with E-state index in [1.807, 2.05) is 30.3 Å². The normalized spacial score (nSPS) is 12.4. The van der Waals surface area contributed by atoms with Gasteiger partial charge >= 0.3 is 94.6 Å². The van der Waals surface area contributed by atoms with Gasteiger partial charge in [-0.2, -0.15) is 110 Å². The third-order valence-electron chi connectivity index (χ3n) is 4.57. The van der Waals surface area contributed by atoms with E-state index in [9.17, 15) is 105 Å². The van der Waals surface area contributed by atoms with Gasteiger partial charge in [-0.1, -0.05) is 24.1 Å². The molecule has 0 heterocycles. The van der Waals surface area contributed by atoms with E-state index in [4.69, 9.17) is 25.0 Å². The van der Waals surface area contributed by atoms with Crippen molar-refractivity contribution in [3.8, 4) is 12.3 Å². The third kappa shape index (κ3) is 29.2. The average molecular weight is 1090 g/mol. The molecule has 1 aromatic rings. The zero-order valence-electron chi connectivity index (χ0n) is 28.1. The molecule has 0 amide bonds. The molecule has 62 heavy (non-hydrogen) atoms. The van der Waals surface area contributed by atoms with Crippen molar-refractivity contribution in [2.24, 2.45) is 0 Å². The summed E-state index contributed by atoms with van der Waals surface area (Å²) in [5.74, 6) is 2.53. The molecular weight excluding hydrogens is 1080 g/mol. The van der Waals surface area contributed by atoms with Crippen LogP contribution in [0.2, 0.25) is 0 Å². The third-order valence-corrected chi connectivity index (χ3v) is 7.96. The summed E-state index contributed by atoms with van der Waals surface area (Å²) in [6.45, 7) is 18.0. The molecule has 0 saturated carbocycles. The summed E-state index contributed by atoms with van der Waals surface area (Å²) < 4.78 is 349. The Morgan fingerprint density at radius 3 is 0.710 bits per heavy atom. The summed E-state index contributed by atoms with van der Waals surface area (Å²) in [4.78, 5) is 0. The number of benzene rings is 1. The Morgan fingerprint density at radius 2 is 0.597 bits per heavy atom. The van der Waals surface area contributed by atoms with Crippen molar-refractivity contribution in [1.82, 2.24) is 4.44 Å². The maximum absolute atomic E-state index is 12.9. The zero-order chi connectivity index (χ0) is 49.7. The van der Waals surface area contributed by atoms with Gasteiger partial charge in [-0.3, -0.25) is 18.1 Å². The first-order valence-corrected chi connectivity index (χ1v) is 14.9. The summed E-state index contributed by atoms with van der Waals surface area (Å²) in [5.41, 5.74) is 0.938. The average Bonchev–Trinajstić information content (AvgIpc) is 3.07.